The third-order valence-electron chi connectivity index (χ3n) is 14.4. The third kappa shape index (κ3) is 19.5. The van der Waals surface area contributed by atoms with E-state index in [9.17, 15) is 0 Å². The van der Waals surface area contributed by atoms with Gasteiger partial charge in [0.05, 0.1) is 23.9 Å². The summed E-state index contributed by atoms with van der Waals surface area (Å²) in [7, 11) is 15.9. The van der Waals surface area contributed by atoms with Gasteiger partial charge in [-0.05, 0) is 68.5 Å². The number of nitrogens with zero attached hydrogens (tertiary/aromatic N) is 11. The van der Waals surface area contributed by atoms with Crippen LogP contribution < -0.4 is 14.2 Å². The van der Waals surface area contributed by atoms with Gasteiger partial charge in [-0.1, -0.05) is 193 Å². The van der Waals surface area contributed by atoms with E-state index in [1.54, 1.807) is 103 Å². The van der Waals surface area contributed by atoms with Crippen LogP contribution >= 0.6 is 28.3 Å². The van der Waals surface area contributed by atoms with E-state index in [0.29, 0.717) is 40.6 Å². The molecule has 0 saturated heterocycles. The molecule has 0 N–H and O–H groups in total. The molecule has 0 unspecified atom stereocenters. The maximum Gasteiger partial charge on any atom is 0.216 e. The van der Waals surface area contributed by atoms with Crippen molar-refractivity contribution in [2.24, 2.45) is 7.05 Å². The second kappa shape index (κ2) is 37.0. The van der Waals surface area contributed by atoms with Gasteiger partial charge in [-0.2, -0.15) is 27.1 Å². The van der Waals surface area contributed by atoms with Crippen LogP contribution in [-0.4, -0.2) is 54.5 Å². The molecule has 0 fully saturated rings. The van der Waals surface area contributed by atoms with Crippen LogP contribution in [0, 0.1) is 18.2 Å². The Labute approximate surface area is 608 Å². The molecule has 9 aromatic carbocycles. The number of hydrogen-bond acceptors (Lipinski definition) is 11. The summed E-state index contributed by atoms with van der Waals surface area (Å²) in [6.45, 7) is 0. The molecule has 0 bridgehead atoms. The molecule has 0 aliphatic heterocycles. The van der Waals surface area contributed by atoms with Crippen molar-refractivity contribution in [1.82, 2.24) is 54.5 Å². The Balaban J connectivity index is 0.000000152. The Bertz CT molecular complexity index is 4600. The maximum absolute atomic E-state index is 5.82. The molecule has 0 aliphatic rings. The van der Waals surface area contributed by atoms with Crippen LogP contribution in [0.25, 0.3) is 89.9 Å². The molecule has 15 rings (SSSR count). The first-order valence-electron chi connectivity index (χ1n) is 29.5. The summed E-state index contributed by atoms with van der Waals surface area (Å²) in [5, 5.41) is 17.6. The van der Waals surface area contributed by atoms with Gasteiger partial charge in [0.15, 0.2) is 0 Å². The van der Waals surface area contributed by atoms with Gasteiger partial charge >= 0.3 is 84.6 Å². The van der Waals surface area contributed by atoms with Gasteiger partial charge in [0, 0.05) is 78.4 Å². The zero-order valence-electron chi connectivity index (χ0n) is 51.2. The largest absolute Gasteiger partial charge is 0.466 e. The summed E-state index contributed by atoms with van der Waals surface area (Å²) in [6.07, 6.45) is 10.6. The number of rotatable bonds is 15. The number of halogens is 3. The van der Waals surface area contributed by atoms with Crippen molar-refractivity contribution in [2.75, 3.05) is 0 Å². The van der Waals surface area contributed by atoms with Crippen molar-refractivity contribution in [3.63, 3.8) is 0 Å². The van der Waals surface area contributed by atoms with Gasteiger partial charge in [-0.15, -0.1) is 65.3 Å². The van der Waals surface area contributed by atoms with E-state index >= 15 is 0 Å². The fourth-order valence-corrected chi connectivity index (χ4v) is 9.79. The first kappa shape index (κ1) is 70.1. The van der Waals surface area contributed by atoms with Gasteiger partial charge in [0.1, 0.15) is 11.4 Å². The second-order valence-electron chi connectivity index (χ2n) is 20.5. The van der Waals surface area contributed by atoms with Crippen LogP contribution in [0.1, 0.15) is 0 Å². The zero-order valence-corrected chi connectivity index (χ0v) is 60.3. The Morgan fingerprint density at radius 3 is 1.21 bits per heavy atom. The molecular formula is C77H54Cl3N11O3Pt3. The zero-order chi connectivity index (χ0) is 67.4. The van der Waals surface area contributed by atoms with Gasteiger partial charge < -0.3 is 18.8 Å². The second-order valence-corrected chi connectivity index (χ2v) is 20.5. The average molecular weight is 1870 g/mol. The van der Waals surface area contributed by atoms with Gasteiger partial charge in [-0.3, -0.25) is 4.98 Å². The van der Waals surface area contributed by atoms with Gasteiger partial charge in [0.2, 0.25) is 17.6 Å². The molecule has 15 aromatic rings. The van der Waals surface area contributed by atoms with E-state index in [1.807, 2.05) is 159 Å². The Hall–Kier alpha value is -9.75. The van der Waals surface area contributed by atoms with E-state index in [4.69, 9.17) is 14.2 Å². The van der Waals surface area contributed by atoms with Crippen LogP contribution in [0.15, 0.2) is 310 Å². The maximum atomic E-state index is 5.82. The Morgan fingerprint density at radius 1 is 0.351 bits per heavy atom. The van der Waals surface area contributed by atoms with E-state index in [-0.39, 0.29) is 0 Å². The predicted molar refractivity (Wildman–Crippen MR) is 371 cm³/mol. The fraction of sp³-hybridized carbons (Fsp3) is 0.0130. The van der Waals surface area contributed by atoms with Gasteiger partial charge in [-0.25, -0.2) is 19.6 Å². The minimum Gasteiger partial charge on any atom is -0.466 e. The molecule has 6 heterocycles. The van der Waals surface area contributed by atoms with Crippen molar-refractivity contribution in [1.29, 1.82) is 0 Å². The number of imidazole rings is 1. The summed E-state index contributed by atoms with van der Waals surface area (Å²) in [5.74, 6) is 4.12. The van der Waals surface area contributed by atoms with Crippen molar-refractivity contribution >= 4 is 28.3 Å². The van der Waals surface area contributed by atoms with Crippen molar-refractivity contribution in [2.45, 2.75) is 0 Å². The molecule has 6 aromatic heterocycles. The topological polar surface area (TPSA) is 146 Å². The van der Waals surface area contributed by atoms with E-state index in [1.165, 1.54) is 33.4 Å². The molecule has 486 valence electrons. The standard InChI is InChI=1S/C27H20N3O.2C25H17N4O.3ClH.3Pt/c1-30-25(22-15-13-21(14-16-22)20-8-3-2-4-9-20)19-29-27(30)23-10-7-11-24(18-23)31-26-12-5-6-17-28-26;1-2-7-19(8-3-1)20-12-14-21(15-13-20)24-18-29(28-27-24)22-9-6-10-23(17-22)30-25-11-4-5-16-26-25;1-2-7-19(8-3-1)20-12-14-21(15-13-20)24-18-27-29(28-24)22-9-6-10-23(17-22)30-25-11-4-5-16-26-25;;;;;;/h2-17,19H,1H3;2*1-16,18H;3*1H;;;/q3*-1;;;;3*+2/p-3. The van der Waals surface area contributed by atoms with E-state index in [0.717, 1.165) is 50.8 Å². The van der Waals surface area contributed by atoms with Crippen LogP contribution in [-0.2, 0) is 63.4 Å². The number of ether oxygens (including phenoxy) is 3. The number of benzene rings is 9. The normalized spacial score (nSPS) is 10.2. The van der Waals surface area contributed by atoms with Crippen LogP contribution in [0.5, 0.6) is 34.9 Å². The number of hydrogen-bond donors (Lipinski definition) is 0. The van der Waals surface area contributed by atoms with Crippen molar-refractivity contribution in [3.05, 3.63) is 328 Å². The monoisotopic (exact) mass is 1870 g/mol. The van der Waals surface area contributed by atoms with E-state index in [2.05, 4.69) is 213 Å². The molecule has 0 atom stereocenters. The first-order chi connectivity index (χ1) is 48.0. The summed E-state index contributed by atoms with van der Waals surface area (Å²) >= 11 is 4.83. The number of aromatic nitrogens is 11. The molecular weight excluding hydrogens is 1820 g/mol. The molecule has 20 heteroatoms. The average Bonchev–Trinajstić information content (AvgIpc) is 1.71. The molecule has 14 nitrogen and oxygen atoms in total. The number of pyridine rings is 3. The predicted octanol–water partition coefficient (Wildman–Crippen LogP) is 19.6. The van der Waals surface area contributed by atoms with E-state index < -0.39 is 0 Å². The van der Waals surface area contributed by atoms with Crippen molar-refractivity contribution in [3.8, 4) is 125 Å². The van der Waals surface area contributed by atoms with Crippen molar-refractivity contribution < 1.29 is 70.5 Å². The quantitative estimate of drug-likeness (QED) is 0.0904. The SMILES string of the molecule is Cn1c(-c2ccc(-c3ccccc3)cc2)cnc1-c1[c-]c(Oc2ccccn2)ccc1.[Cl][Pt+].[Cl][Pt+].[Cl][Pt+].[c-]1c(Oc2ccccn2)cccc1-n1cc(-c2ccc(-c3ccccc3)cc2)nn1.[c-]1c(Oc2ccccn2)cccc1-n1ncc(-c2ccc(-c3ccccc3)cc2)n1. The summed E-state index contributed by atoms with van der Waals surface area (Å²) < 4.78 is 21.1. The summed E-state index contributed by atoms with van der Waals surface area (Å²) in [4.78, 5) is 18.7. The van der Waals surface area contributed by atoms with Crippen LogP contribution in [0.4, 0.5) is 0 Å². The van der Waals surface area contributed by atoms with Crippen LogP contribution in [0.2, 0.25) is 0 Å². The molecule has 0 amide bonds. The van der Waals surface area contributed by atoms with Crippen LogP contribution in [0.3, 0.4) is 0 Å². The minimum absolute atomic E-state index is 0.513. The molecule has 97 heavy (non-hydrogen) atoms. The first-order valence-corrected chi connectivity index (χ1v) is 38.0. The third-order valence-corrected chi connectivity index (χ3v) is 14.4. The molecule has 0 aliphatic carbocycles. The molecule has 0 saturated carbocycles. The molecule has 0 radical (unpaired) electrons. The summed E-state index contributed by atoms with van der Waals surface area (Å²) in [5.41, 5.74) is 15.1. The minimum atomic E-state index is 0.513. The Kier molecular flexibility index (Phi) is 26.7. The smallest absolute Gasteiger partial charge is 0.216 e. The Morgan fingerprint density at radius 2 is 0.742 bits per heavy atom. The molecule has 0 spiro atoms. The van der Waals surface area contributed by atoms with Gasteiger partial charge in [0.25, 0.3) is 0 Å². The summed E-state index contributed by atoms with van der Waals surface area (Å²) in [6, 6.07) is 99.4. The fourth-order valence-electron chi connectivity index (χ4n) is 9.79.